The van der Waals surface area contributed by atoms with Gasteiger partial charge in [-0.05, 0) is 101 Å². The summed E-state index contributed by atoms with van der Waals surface area (Å²) < 4.78 is 459. The van der Waals surface area contributed by atoms with Crippen molar-refractivity contribution in [2.75, 3.05) is 150 Å². The van der Waals surface area contributed by atoms with E-state index in [0.717, 1.165) is 32.4 Å². The van der Waals surface area contributed by atoms with Crippen LogP contribution in [0.15, 0.2) is 0 Å². The lowest BCUT2D eigenvalue weighted by atomic mass is 10.5. The van der Waals surface area contributed by atoms with E-state index in [4.69, 9.17) is 68.8 Å². The molecular formula is C39H94O48S24. The van der Waals surface area contributed by atoms with Crippen LogP contribution in [-0.2, 0) is 191 Å². The molecule has 0 aromatic carbocycles. The molecule has 15 N–H and O–H groups in total. The lowest BCUT2D eigenvalue weighted by Gasteiger charge is -2.01. The third kappa shape index (κ3) is 149. The summed E-state index contributed by atoms with van der Waals surface area (Å²) in [6.07, 6.45) is 1.40. The first-order valence-corrected chi connectivity index (χ1v) is 65.2. The summed E-state index contributed by atoms with van der Waals surface area (Å²) in [5.41, 5.74) is 0. The minimum Gasteiger partial charge on any atom is -0.396 e. The molecule has 3 unspecified atom stereocenters. The standard InChI is InChI=1S/C6H14O8S4.C6H14O7S5.C6H14O7S4.C6H14O7S3.C6H14O6S3.C3H8O6S2.C3H8O4S.C3H8O3S2/c7-15(3-1-5-17(9,10)11)16(8)4-2-6-18(12,13)14;7-16(14-3-1-5-17(8,9)10)15-4-2-6-18(11,12)13;7-15(4-2-6-17(11,12)13)14-3-1-5-16(8,9)10;7-14(3-1-5-15(8,9)10)4-2-6-16(11,12)13;7-14(8,9)5-1-3-13-4-2-6-15(10,11)12;4-10(5,6)2-1-3-11(7,8)9;4-2-1-3-8(5,6)7;4-8(5,6)3-1-2-7/h1-6H2,(H,9,10,11)(H,12,13,14);1-6H2,(H,8,9,10)(H,11,12,13);1-6H2,(H,8,9,10)(H,11,12,13);1-6H2,(H,8,9,10)(H,11,12,13);1-6H2,(H,7,8,9)(H,10,11,12);1-3H2,(H,4,5,6)(H,7,8,9);4H,1-3H2,(H,5,6,7);7H,1-3H2,(H,4,5,6). The molecule has 0 saturated heterocycles. The predicted octanol–water partition coefficient (Wildman–Crippen LogP) is -2.35. The van der Waals surface area contributed by atoms with Gasteiger partial charge in [0.2, 0.25) is 0 Å². The molecule has 3 atom stereocenters. The molecule has 72 heteroatoms. The summed E-state index contributed by atoms with van der Waals surface area (Å²) >= 11 is 5.14. The van der Waals surface area contributed by atoms with Crippen molar-refractivity contribution in [1.29, 1.82) is 0 Å². The zero-order valence-electron chi connectivity index (χ0n) is 57.6. The van der Waals surface area contributed by atoms with E-state index in [0.29, 0.717) is 48.0 Å². The van der Waals surface area contributed by atoms with Crippen LogP contribution in [0, 0.1) is 0 Å². The molecule has 0 rings (SSSR count). The number of aliphatic hydroxyl groups is 1. The fraction of sp³-hybridized carbons (Fsp3) is 1.00. The van der Waals surface area contributed by atoms with Crippen LogP contribution in [0.4, 0.5) is 0 Å². The Hall–Kier alpha value is 1.20. The van der Waals surface area contributed by atoms with Gasteiger partial charge < -0.3 is 5.11 Å². The van der Waals surface area contributed by atoms with Gasteiger partial charge in [0.05, 0.1) is 90.4 Å². The summed E-state index contributed by atoms with van der Waals surface area (Å²) in [7, 11) is -60.4. The summed E-state index contributed by atoms with van der Waals surface area (Å²) in [6.45, 7) is -0.209. The molecule has 0 aliphatic rings. The van der Waals surface area contributed by atoms with Gasteiger partial charge in [0, 0.05) is 63.4 Å². The van der Waals surface area contributed by atoms with E-state index in [1.807, 2.05) is 0 Å². The quantitative estimate of drug-likeness (QED) is 0.0131. The van der Waals surface area contributed by atoms with Crippen LogP contribution >= 0.6 is 56.8 Å². The van der Waals surface area contributed by atoms with Crippen LogP contribution < -0.4 is 0 Å². The Morgan fingerprint density at radius 1 is 0.225 bits per heavy atom. The minimum absolute atomic E-state index is 0.0529. The fourth-order valence-electron chi connectivity index (χ4n) is 5.10. The largest absolute Gasteiger partial charge is 0.396 e. The predicted molar refractivity (Wildman–Crippen MR) is 431 cm³/mol. The molecule has 111 heavy (non-hydrogen) atoms. The van der Waals surface area contributed by atoms with Crippen LogP contribution in [0.25, 0.3) is 0 Å². The Labute approximate surface area is 681 Å². The van der Waals surface area contributed by atoms with E-state index in [-0.39, 0.29) is 146 Å². The van der Waals surface area contributed by atoms with Crippen molar-refractivity contribution in [3.8, 4) is 0 Å². The van der Waals surface area contributed by atoms with E-state index in [9.17, 15) is 139 Å². The first-order valence-electron chi connectivity index (χ1n) is 29.3. The molecule has 0 bridgehead atoms. The summed E-state index contributed by atoms with van der Waals surface area (Å²) in [6, 6.07) is 0. The Kier molecular flexibility index (Phi) is 75.8. The number of aliphatic hydroxyl groups excluding tert-OH is 1. The number of hydrogen-bond acceptors (Lipinski definition) is 39. The molecule has 0 aromatic rings. The highest BCUT2D eigenvalue weighted by Crippen LogP contribution is 2.22. The van der Waals surface area contributed by atoms with Crippen LogP contribution in [0.5, 0.6) is 0 Å². The average Bonchev–Trinajstić information content (AvgIpc) is 0.940. The Morgan fingerprint density at radius 2 is 0.414 bits per heavy atom. The van der Waals surface area contributed by atoms with Crippen LogP contribution in [-0.4, -0.2) is 358 Å². The third-order valence-corrected chi connectivity index (χ3v) is 35.9. The molecule has 0 aliphatic carbocycles. The molecule has 48 nitrogen and oxygen atoms in total. The van der Waals surface area contributed by atoms with E-state index in [1.165, 1.54) is 11.8 Å². The molecule has 0 radical (unpaired) electrons. The smallest absolute Gasteiger partial charge is 0.264 e. The van der Waals surface area contributed by atoms with E-state index >= 15 is 0 Å². The van der Waals surface area contributed by atoms with Gasteiger partial charge in [0.1, 0.15) is 28.5 Å². The normalized spacial score (nSPS) is 13.7. The van der Waals surface area contributed by atoms with Crippen LogP contribution in [0.2, 0.25) is 0 Å². The maximum atomic E-state index is 11.3. The van der Waals surface area contributed by atoms with Gasteiger partial charge in [0.15, 0.2) is 0 Å². The molecule has 0 saturated carbocycles. The van der Waals surface area contributed by atoms with E-state index in [1.54, 1.807) is 0 Å². The highest BCUT2D eigenvalue weighted by Gasteiger charge is 2.17. The van der Waals surface area contributed by atoms with Gasteiger partial charge in [-0.2, -0.15) is 142 Å². The average molecular weight is 2100 g/mol. The van der Waals surface area contributed by atoms with Gasteiger partial charge in [-0.25, -0.2) is 16.8 Å². The van der Waals surface area contributed by atoms with Crippen molar-refractivity contribution in [3.63, 3.8) is 0 Å². The van der Waals surface area contributed by atoms with Crippen molar-refractivity contribution in [1.82, 2.24) is 0 Å². The van der Waals surface area contributed by atoms with E-state index in [2.05, 4.69) is 12.6 Å². The maximum Gasteiger partial charge on any atom is 0.264 e. The Morgan fingerprint density at radius 3 is 0.631 bits per heavy atom. The number of thioether (sulfide) groups is 1. The van der Waals surface area contributed by atoms with Crippen molar-refractivity contribution in [2.24, 2.45) is 0 Å². The molecule has 0 fully saturated rings. The molecule has 0 amide bonds. The summed E-state index contributed by atoms with van der Waals surface area (Å²) in [5.74, 6) is -3.65. The fourth-order valence-corrected chi connectivity index (χ4v) is 26.6. The Balaban J connectivity index is -0.000000185. The molecule has 682 valence electrons. The highest BCUT2D eigenvalue weighted by atomic mass is 33.5. The Bertz CT molecular complexity index is 4160. The zero-order chi connectivity index (χ0) is 89.3. The van der Waals surface area contributed by atoms with Crippen LogP contribution in [0.3, 0.4) is 0 Å². The minimum atomic E-state index is -4.13. The van der Waals surface area contributed by atoms with Crippen molar-refractivity contribution < 1.29 is 208 Å². The van der Waals surface area contributed by atoms with Gasteiger partial charge >= 0.3 is 0 Å². The first-order chi connectivity index (χ1) is 49.4. The lowest BCUT2D eigenvalue weighted by Crippen LogP contribution is -2.14. The lowest BCUT2D eigenvalue weighted by molar-refractivity contribution is 0.294. The number of hydrogen-bond donors (Lipinski definition) is 16. The first kappa shape index (κ1) is 128. The second-order valence-electron chi connectivity index (χ2n) is 20.2. The molecule has 0 aromatic heterocycles. The van der Waals surface area contributed by atoms with Crippen molar-refractivity contribution in [2.45, 2.75) is 83.5 Å². The molecular weight excluding hydrogens is 2010 g/mol. The third-order valence-electron chi connectivity index (χ3n) is 9.42. The molecule has 0 heterocycles. The van der Waals surface area contributed by atoms with Crippen LogP contribution in [0.1, 0.15) is 83.5 Å². The second kappa shape index (κ2) is 65.9. The maximum absolute atomic E-state index is 11.3. The monoisotopic (exact) mass is 2100 g/mol. The van der Waals surface area contributed by atoms with Gasteiger partial charge in [-0.3, -0.25) is 67.9 Å². The zero-order valence-corrected chi connectivity index (χ0v) is 77.3. The van der Waals surface area contributed by atoms with Crippen molar-refractivity contribution in [3.05, 3.63) is 0 Å². The second-order valence-corrected chi connectivity index (χ2v) is 58.9. The SMILES string of the molecule is O=S(=O)(O)CCCO.O=S(=O)(O)CCCS.O=S(=O)(O)CCCS(=O)(=O)O.O=S(=O)(O)CCCSCCCS(=O)(=O)O.O=S(CCCS(=O)(=O)O)CCCS(=O)(=O)O.O=S(CCCS(=O)(=O)O)S(=O)CCCS(=O)(=O)O.O=S(CCCS(=O)(=O)O)SCCCS(=O)(=O)O.O=S(SCCCS(=O)(=O)O)SCCCS(=O)(=O)O. The topological polar surface area (TPSA) is 867 Å². The van der Waals surface area contributed by atoms with Gasteiger partial charge in [0.25, 0.3) is 142 Å². The van der Waals surface area contributed by atoms with Gasteiger partial charge in [-0.1, -0.05) is 32.4 Å². The van der Waals surface area contributed by atoms with Crippen molar-refractivity contribution >= 4 is 248 Å². The number of rotatable bonds is 54. The summed E-state index contributed by atoms with van der Waals surface area (Å²) in [4.78, 5) is 0. The van der Waals surface area contributed by atoms with E-state index < -0.39 is 231 Å². The van der Waals surface area contributed by atoms with Gasteiger partial charge in [-0.15, -0.1) is 0 Å². The molecule has 0 spiro atoms. The highest BCUT2D eigenvalue weighted by molar-refractivity contribution is 9.02. The number of thiol groups is 1. The summed E-state index contributed by atoms with van der Waals surface area (Å²) in [5, 5.41) is 8.05. The molecule has 0 aliphatic heterocycles.